The maximum Gasteiger partial charge on any atom is 0.307 e. The predicted molar refractivity (Wildman–Crippen MR) is 60.2 cm³/mol. The molecule has 3 unspecified atom stereocenters. The Morgan fingerprint density at radius 1 is 1.53 bits per heavy atom. The van der Waals surface area contributed by atoms with E-state index in [9.17, 15) is 4.79 Å². The van der Waals surface area contributed by atoms with Crippen LogP contribution in [0, 0.1) is 11.8 Å². The minimum absolute atomic E-state index is 0.178. The van der Waals surface area contributed by atoms with Crippen molar-refractivity contribution < 1.29 is 9.90 Å². The average molecular weight is 288 g/mol. The zero-order chi connectivity index (χ0) is 10.7. The number of carbonyl (C=O) groups is 1. The summed E-state index contributed by atoms with van der Waals surface area (Å²) in [5.74, 6) is -0.369. The van der Waals surface area contributed by atoms with Crippen LogP contribution in [0.2, 0.25) is 5.02 Å². The van der Waals surface area contributed by atoms with Gasteiger partial charge in [0.25, 0.3) is 0 Å². The zero-order valence-corrected chi connectivity index (χ0v) is 10.0. The van der Waals surface area contributed by atoms with Crippen molar-refractivity contribution >= 4 is 33.5 Å². The molecular weight excluding hydrogens is 279 g/mol. The number of fused-ring (bicyclic) bond motifs is 3. The van der Waals surface area contributed by atoms with Gasteiger partial charge in [-0.3, -0.25) is 4.79 Å². The number of hydrogen-bond donors (Lipinski definition) is 1. The van der Waals surface area contributed by atoms with Gasteiger partial charge in [0.05, 0.1) is 5.92 Å². The van der Waals surface area contributed by atoms with Crippen LogP contribution in [-0.2, 0) is 11.2 Å². The molecule has 4 heteroatoms. The third-order valence-corrected chi connectivity index (χ3v) is 4.24. The summed E-state index contributed by atoms with van der Waals surface area (Å²) in [6.07, 6.45) is 0.822. The number of carboxylic acids is 1. The van der Waals surface area contributed by atoms with Crippen molar-refractivity contribution in [3.8, 4) is 0 Å². The molecule has 0 heterocycles. The Kier molecular flexibility index (Phi) is 1.92. The van der Waals surface area contributed by atoms with E-state index in [0.717, 1.165) is 27.0 Å². The van der Waals surface area contributed by atoms with Crippen LogP contribution in [0.15, 0.2) is 16.6 Å². The van der Waals surface area contributed by atoms with Crippen LogP contribution in [0.3, 0.4) is 0 Å². The van der Waals surface area contributed by atoms with E-state index in [-0.39, 0.29) is 17.8 Å². The number of rotatable bonds is 1. The lowest BCUT2D eigenvalue weighted by Gasteiger charge is -2.08. The standard InChI is InChI=1S/C11H8BrClO2/c12-4-1-6-5(8(13)2-4)3-7-9(6)10(7)11(14)15/h1-2,7,9-10H,3H2,(H,14,15). The van der Waals surface area contributed by atoms with Crippen molar-refractivity contribution in [3.63, 3.8) is 0 Å². The molecule has 0 spiro atoms. The van der Waals surface area contributed by atoms with Crippen molar-refractivity contribution in [2.24, 2.45) is 11.8 Å². The van der Waals surface area contributed by atoms with Gasteiger partial charge < -0.3 is 5.11 Å². The Morgan fingerprint density at radius 2 is 2.27 bits per heavy atom. The molecule has 1 aromatic rings. The highest BCUT2D eigenvalue weighted by atomic mass is 79.9. The van der Waals surface area contributed by atoms with Gasteiger partial charge in [0, 0.05) is 15.4 Å². The van der Waals surface area contributed by atoms with Crippen molar-refractivity contribution in [3.05, 3.63) is 32.8 Å². The van der Waals surface area contributed by atoms with Gasteiger partial charge in [0.15, 0.2) is 0 Å². The predicted octanol–water partition coefficient (Wildman–Crippen LogP) is 3.07. The summed E-state index contributed by atoms with van der Waals surface area (Å²) in [5, 5.41) is 9.74. The smallest absolute Gasteiger partial charge is 0.307 e. The largest absolute Gasteiger partial charge is 0.481 e. The molecule has 1 fully saturated rings. The molecule has 0 radical (unpaired) electrons. The number of halogens is 2. The number of hydrogen-bond acceptors (Lipinski definition) is 1. The highest BCUT2D eigenvalue weighted by Gasteiger charge is 2.60. The highest BCUT2D eigenvalue weighted by molar-refractivity contribution is 9.10. The fourth-order valence-electron chi connectivity index (χ4n) is 2.76. The maximum absolute atomic E-state index is 10.9. The SMILES string of the molecule is O=C(O)C1C2Cc3c(Cl)cc(Br)cc3C21. The second kappa shape index (κ2) is 2.98. The summed E-state index contributed by atoms with van der Waals surface area (Å²) in [7, 11) is 0. The molecule has 0 aliphatic heterocycles. The lowest BCUT2D eigenvalue weighted by atomic mass is 10.0. The van der Waals surface area contributed by atoms with Gasteiger partial charge in [0.2, 0.25) is 0 Å². The first-order chi connectivity index (χ1) is 7.09. The lowest BCUT2D eigenvalue weighted by molar-refractivity contribution is -0.139. The number of carboxylic acid groups (broad SMARTS) is 1. The third-order valence-electron chi connectivity index (χ3n) is 3.45. The van der Waals surface area contributed by atoms with Gasteiger partial charge in [-0.2, -0.15) is 0 Å². The van der Waals surface area contributed by atoms with Gasteiger partial charge in [-0.05, 0) is 35.6 Å². The molecule has 78 valence electrons. The van der Waals surface area contributed by atoms with Crippen molar-refractivity contribution in [1.82, 2.24) is 0 Å². The molecule has 1 aromatic carbocycles. The fraction of sp³-hybridized carbons (Fsp3) is 0.364. The van der Waals surface area contributed by atoms with Gasteiger partial charge in [-0.15, -0.1) is 0 Å². The minimum atomic E-state index is -0.674. The van der Waals surface area contributed by atoms with Crippen LogP contribution in [0.5, 0.6) is 0 Å². The van der Waals surface area contributed by atoms with Gasteiger partial charge in [-0.1, -0.05) is 27.5 Å². The van der Waals surface area contributed by atoms with E-state index >= 15 is 0 Å². The van der Waals surface area contributed by atoms with Crippen LogP contribution < -0.4 is 0 Å². The van der Waals surface area contributed by atoms with Crippen LogP contribution in [0.25, 0.3) is 0 Å². The Hall–Kier alpha value is -0.540. The lowest BCUT2D eigenvalue weighted by Crippen LogP contribution is -2.05. The summed E-state index contributed by atoms with van der Waals surface area (Å²) in [6, 6.07) is 3.88. The van der Waals surface area contributed by atoms with Crippen molar-refractivity contribution in [1.29, 1.82) is 0 Å². The fourth-order valence-corrected chi connectivity index (χ4v) is 3.67. The molecule has 1 saturated carbocycles. The normalized spacial score (nSPS) is 30.9. The van der Waals surface area contributed by atoms with E-state index in [0.29, 0.717) is 0 Å². The van der Waals surface area contributed by atoms with E-state index in [1.165, 1.54) is 0 Å². The first-order valence-corrected chi connectivity index (χ1v) is 5.97. The Morgan fingerprint density at radius 3 is 2.93 bits per heavy atom. The van der Waals surface area contributed by atoms with Gasteiger partial charge >= 0.3 is 5.97 Å². The quantitative estimate of drug-likeness (QED) is 0.862. The van der Waals surface area contributed by atoms with E-state index in [1.807, 2.05) is 12.1 Å². The first-order valence-electron chi connectivity index (χ1n) is 4.80. The van der Waals surface area contributed by atoms with E-state index < -0.39 is 5.97 Å². The van der Waals surface area contributed by atoms with Crippen molar-refractivity contribution in [2.45, 2.75) is 12.3 Å². The molecule has 0 bridgehead atoms. The zero-order valence-electron chi connectivity index (χ0n) is 7.71. The van der Waals surface area contributed by atoms with E-state index in [4.69, 9.17) is 16.7 Å². The Bertz CT molecular complexity index is 472. The second-order valence-electron chi connectivity index (χ2n) is 4.21. The van der Waals surface area contributed by atoms with Gasteiger partial charge in [-0.25, -0.2) is 0 Å². The van der Waals surface area contributed by atoms with Crippen LogP contribution in [-0.4, -0.2) is 11.1 Å². The highest BCUT2D eigenvalue weighted by Crippen LogP contribution is 2.62. The molecule has 0 amide bonds. The average Bonchev–Trinajstić information content (AvgIpc) is 2.74. The summed E-state index contributed by atoms with van der Waals surface area (Å²) in [4.78, 5) is 10.9. The molecule has 3 atom stereocenters. The van der Waals surface area contributed by atoms with E-state index in [2.05, 4.69) is 15.9 Å². The maximum atomic E-state index is 10.9. The number of aliphatic carboxylic acids is 1. The molecule has 2 aliphatic rings. The minimum Gasteiger partial charge on any atom is -0.481 e. The third kappa shape index (κ3) is 1.26. The molecule has 2 nitrogen and oxygen atoms in total. The summed E-state index contributed by atoms with van der Waals surface area (Å²) in [5.41, 5.74) is 2.28. The first kappa shape index (κ1) is 9.67. The second-order valence-corrected chi connectivity index (χ2v) is 5.54. The molecule has 2 aliphatic carbocycles. The molecule has 1 N–H and O–H groups in total. The molecule has 0 saturated heterocycles. The van der Waals surface area contributed by atoms with Crippen molar-refractivity contribution in [2.75, 3.05) is 0 Å². The molecule has 0 aromatic heterocycles. The van der Waals surface area contributed by atoms with Crippen LogP contribution >= 0.6 is 27.5 Å². The molecule has 3 rings (SSSR count). The van der Waals surface area contributed by atoms with Crippen LogP contribution in [0.1, 0.15) is 17.0 Å². The Labute approximate surface area is 100 Å². The molecule has 15 heavy (non-hydrogen) atoms. The van der Waals surface area contributed by atoms with E-state index in [1.54, 1.807) is 0 Å². The summed E-state index contributed by atoms with van der Waals surface area (Å²) >= 11 is 9.50. The van der Waals surface area contributed by atoms with Crippen LogP contribution in [0.4, 0.5) is 0 Å². The number of benzene rings is 1. The monoisotopic (exact) mass is 286 g/mol. The molecular formula is C11H8BrClO2. The Balaban J connectivity index is 2.05. The topological polar surface area (TPSA) is 37.3 Å². The summed E-state index contributed by atoms with van der Waals surface area (Å²) in [6.45, 7) is 0. The summed E-state index contributed by atoms with van der Waals surface area (Å²) < 4.78 is 0.933. The van der Waals surface area contributed by atoms with Gasteiger partial charge in [0.1, 0.15) is 0 Å².